The molecule has 0 N–H and O–H groups in total. The predicted octanol–water partition coefficient (Wildman–Crippen LogP) is 1.16. The van der Waals surface area contributed by atoms with Crippen LogP contribution in [0.4, 0.5) is 0 Å². The lowest BCUT2D eigenvalue weighted by Gasteiger charge is -2.46. The SMILES string of the molecule is CC(=O)O[C@@H]1[C@H](OC(C)=O)[C@@H](OC[C@H]2O[C@@H](Sc3ccccc3)[C@H](OC(C)=O)[C@@H](OC(C)=O)[C@@H]2OC(=O)Cn2cc[n+](C)c2)O[C@H](C)[C@H]1OC(C)=O. The molecule has 0 spiro atoms. The maximum atomic E-state index is 13.4. The molecule has 0 amide bonds. The van der Waals surface area contributed by atoms with Gasteiger partial charge in [0.2, 0.25) is 6.33 Å². The number of aromatic nitrogens is 2. The summed E-state index contributed by atoms with van der Waals surface area (Å²) >= 11 is 1.16. The van der Waals surface area contributed by atoms with Gasteiger partial charge in [-0.2, -0.15) is 0 Å². The van der Waals surface area contributed by atoms with Crippen molar-refractivity contribution in [1.29, 1.82) is 0 Å². The summed E-state index contributed by atoms with van der Waals surface area (Å²) in [7, 11) is 1.77. The number of carbonyl (C=O) groups excluding carboxylic acids is 6. The van der Waals surface area contributed by atoms with Crippen LogP contribution in [0.1, 0.15) is 41.5 Å². The van der Waals surface area contributed by atoms with Crippen LogP contribution >= 0.6 is 11.8 Å². The molecule has 10 atom stereocenters. The number of hydrogen-bond acceptors (Lipinski definition) is 16. The number of esters is 6. The van der Waals surface area contributed by atoms with E-state index in [0.717, 1.165) is 39.5 Å². The van der Waals surface area contributed by atoms with Crippen LogP contribution in [0.15, 0.2) is 53.9 Å². The smallest absolute Gasteiger partial charge is 0.349 e. The van der Waals surface area contributed by atoms with E-state index in [0.29, 0.717) is 4.90 Å². The highest BCUT2D eigenvalue weighted by molar-refractivity contribution is 7.99. The molecular formula is C34H43N2O15S+. The van der Waals surface area contributed by atoms with Crippen molar-refractivity contribution in [2.75, 3.05) is 6.61 Å². The van der Waals surface area contributed by atoms with Gasteiger partial charge in [-0.3, -0.25) is 24.0 Å². The summed E-state index contributed by atoms with van der Waals surface area (Å²) in [5, 5.41) is 0. The minimum atomic E-state index is -1.44. The molecule has 2 aromatic rings. The fraction of sp³-hybridized carbons (Fsp3) is 0.559. The molecule has 4 rings (SSSR count). The molecule has 2 fully saturated rings. The Hall–Kier alpha value is -4.52. The second kappa shape index (κ2) is 18.3. The maximum Gasteiger partial charge on any atom is 0.349 e. The number of nitrogens with zero attached hydrogens (tertiary/aromatic N) is 2. The van der Waals surface area contributed by atoms with E-state index in [9.17, 15) is 28.8 Å². The highest BCUT2D eigenvalue weighted by Gasteiger charge is 2.55. The van der Waals surface area contributed by atoms with Crippen molar-refractivity contribution in [3.8, 4) is 0 Å². The van der Waals surface area contributed by atoms with Gasteiger partial charge in [0.1, 0.15) is 23.9 Å². The van der Waals surface area contributed by atoms with E-state index in [1.165, 1.54) is 6.92 Å². The van der Waals surface area contributed by atoms with Gasteiger partial charge in [-0.1, -0.05) is 30.0 Å². The molecule has 17 nitrogen and oxygen atoms in total. The molecule has 0 saturated carbocycles. The van der Waals surface area contributed by atoms with Crippen molar-refractivity contribution in [3.63, 3.8) is 0 Å². The number of thioether (sulfide) groups is 1. The molecule has 52 heavy (non-hydrogen) atoms. The average Bonchev–Trinajstić information content (AvgIpc) is 3.45. The summed E-state index contributed by atoms with van der Waals surface area (Å²) in [4.78, 5) is 75.4. The zero-order chi connectivity index (χ0) is 38.1. The third-order valence-electron chi connectivity index (χ3n) is 7.65. The van der Waals surface area contributed by atoms with Gasteiger partial charge in [-0.25, -0.2) is 13.9 Å². The minimum Gasteiger partial charge on any atom is -0.456 e. The monoisotopic (exact) mass is 751 g/mol. The highest BCUT2D eigenvalue weighted by Crippen LogP contribution is 2.38. The summed E-state index contributed by atoms with van der Waals surface area (Å²) in [5.74, 6) is -4.46. The molecule has 2 saturated heterocycles. The Balaban J connectivity index is 1.71. The summed E-state index contributed by atoms with van der Waals surface area (Å²) < 4.78 is 55.5. The lowest BCUT2D eigenvalue weighted by atomic mass is 9.98. The number of hydrogen-bond donors (Lipinski definition) is 0. The zero-order valence-corrected chi connectivity index (χ0v) is 30.5. The lowest BCUT2D eigenvalue weighted by molar-refractivity contribution is -0.671. The summed E-state index contributed by atoms with van der Waals surface area (Å²) in [6, 6.07) is 8.99. The first-order valence-electron chi connectivity index (χ1n) is 16.3. The molecule has 3 heterocycles. The third kappa shape index (κ3) is 11.2. The van der Waals surface area contributed by atoms with Crippen LogP contribution in [0.5, 0.6) is 0 Å². The molecule has 0 bridgehead atoms. The van der Waals surface area contributed by atoms with Crippen LogP contribution in [-0.4, -0.2) is 108 Å². The normalized spacial score (nSPS) is 28.5. The van der Waals surface area contributed by atoms with Gasteiger partial charge in [0.25, 0.3) is 0 Å². The van der Waals surface area contributed by atoms with Gasteiger partial charge in [0.15, 0.2) is 49.5 Å². The van der Waals surface area contributed by atoms with E-state index in [2.05, 4.69) is 0 Å². The second-order valence-corrected chi connectivity index (χ2v) is 13.3. The highest BCUT2D eigenvalue weighted by atomic mass is 32.2. The van der Waals surface area contributed by atoms with Crippen molar-refractivity contribution in [3.05, 3.63) is 49.1 Å². The van der Waals surface area contributed by atoms with E-state index in [1.54, 1.807) is 66.1 Å². The molecular weight excluding hydrogens is 708 g/mol. The van der Waals surface area contributed by atoms with Crippen molar-refractivity contribution < 1.29 is 76.0 Å². The third-order valence-corrected chi connectivity index (χ3v) is 8.81. The van der Waals surface area contributed by atoms with E-state index < -0.39 is 103 Å². The first kappa shape index (κ1) is 40.3. The van der Waals surface area contributed by atoms with E-state index >= 15 is 0 Å². The van der Waals surface area contributed by atoms with Gasteiger partial charge >= 0.3 is 35.8 Å². The number of benzene rings is 1. The molecule has 1 aromatic carbocycles. The van der Waals surface area contributed by atoms with Crippen LogP contribution in [0.2, 0.25) is 0 Å². The molecule has 284 valence electrons. The second-order valence-electron chi connectivity index (χ2n) is 12.1. The van der Waals surface area contributed by atoms with Gasteiger partial charge in [-0.05, 0) is 19.1 Å². The Kier molecular flexibility index (Phi) is 14.2. The molecule has 18 heteroatoms. The van der Waals surface area contributed by atoms with Crippen LogP contribution in [0, 0.1) is 0 Å². The minimum absolute atomic E-state index is 0.239. The van der Waals surface area contributed by atoms with E-state index in [4.69, 9.17) is 42.6 Å². The Labute approximate surface area is 304 Å². The van der Waals surface area contributed by atoms with Crippen LogP contribution in [0.25, 0.3) is 0 Å². The van der Waals surface area contributed by atoms with Gasteiger partial charge in [0.05, 0.1) is 19.8 Å². The number of imidazole rings is 1. The number of aryl methyl sites for hydroxylation is 1. The zero-order valence-electron chi connectivity index (χ0n) is 29.7. The summed E-state index contributed by atoms with van der Waals surface area (Å²) in [5.41, 5.74) is -1.03. The molecule has 1 aromatic heterocycles. The Morgan fingerprint density at radius 3 is 1.81 bits per heavy atom. The fourth-order valence-corrected chi connectivity index (χ4v) is 6.88. The number of carbonyl (C=O) groups is 6. The molecule has 0 aliphatic carbocycles. The largest absolute Gasteiger partial charge is 0.456 e. The van der Waals surface area contributed by atoms with Crippen molar-refractivity contribution in [1.82, 2.24) is 4.57 Å². The summed E-state index contributed by atoms with van der Waals surface area (Å²) in [6.45, 7) is 6.59. The molecule has 2 aliphatic heterocycles. The quantitative estimate of drug-likeness (QED) is 0.161. The summed E-state index contributed by atoms with van der Waals surface area (Å²) in [6.07, 6.45) is -6.59. The van der Waals surface area contributed by atoms with Gasteiger partial charge < -0.3 is 42.6 Å². The first-order chi connectivity index (χ1) is 24.6. The van der Waals surface area contributed by atoms with Crippen LogP contribution in [0.3, 0.4) is 0 Å². The fourth-order valence-electron chi connectivity index (χ4n) is 5.75. The number of rotatable bonds is 13. The topological polar surface area (TPSA) is 194 Å². The van der Waals surface area contributed by atoms with Crippen molar-refractivity contribution in [2.45, 2.75) is 114 Å². The van der Waals surface area contributed by atoms with E-state index in [-0.39, 0.29) is 6.54 Å². The predicted molar refractivity (Wildman–Crippen MR) is 175 cm³/mol. The van der Waals surface area contributed by atoms with Crippen molar-refractivity contribution >= 4 is 47.6 Å². The Bertz CT molecular complexity index is 1590. The van der Waals surface area contributed by atoms with E-state index in [1.807, 2.05) is 6.07 Å². The molecule has 2 aliphatic rings. The molecule has 0 unspecified atom stereocenters. The maximum absolute atomic E-state index is 13.4. The average molecular weight is 752 g/mol. The lowest BCUT2D eigenvalue weighted by Crippen LogP contribution is -2.63. The Morgan fingerprint density at radius 1 is 0.712 bits per heavy atom. The van der Waals surface area contributed by atoms with Crippen LogP contribution in [-0.2, 0) is 85.0 Å². The number of ether oxygens (including phenoxy) is 9. The van der Waals surface area contributed by atoms with Gasteiger partial charge in [0, 0.05) is 39.5 Å². The first-order valence-corrected chi connectivity index (χ1v) is 17.2. The molecule has 0 radical (unpaired) electrons. The standard InChI is InChI=1S/C34H43N2O15S/c1-18-27(45-19(2)37)29(46-20(3)38)31(48-22(5)40)33(44-18)43-16-25-28(51-26(42)15-36-14-13-35(7)17-36)30(47-21(4)39)32(49-23(6)41)34(50-25)52-24-11-9-8-10-12-24/h8-14,17-18,25,27-34H,15-16H2,1-7H3/q+1/t18-,25-,27-,28-,29+,30+,31+,32-,33+,34+/m1/s1. The Morgan fingerprint density at radius 2 is 1.25 bits per heavy atom. The van der Waals surface area contributed by atoms with Gasteiger partial charge in [-0.15, -0.1) is 0 Å². The van der Waals surface area contributed by atoms with Crippen LogP contribution < -0.4 is 4.57 Å². The van der Waals surface area contributed by atoms with Crippen molar-refractivity contribution in [2.24, 2.45) is 7.05 Å².